The first kappa shape index (κ1) is 15.5. The van der Waals surface area contributed by atoms with Crippen molar-refractivity contribution in [3.05, 3.63) is 52.3 Å². The second-order valence-corrected chi connectivity index (χ2v) is 7.16. The number of rotatable bonds is 3. The van der Waals surface area contributed by atoms with Crippen molar-refractivity contribution in [2.45, 2.75) is 38.5 Å². The molecule has 4 rings (SSSR count). The summed E-state index contributed by atoms with van der Waals surface area (Å²) in [6.45, 7) is 2.28. The van der Waals surface area contributed by atoms with Crippen molar-refractivity contribution in [1.82, 2.24) is 4.98 Å². The zero-order valence-corrected chi connectivity index (χ0v) is 14.5. The monoisotopic (exact) mass is 340 g/mol. The molecule has 1 aromatic carbocycles. The Morgan fingerprint density at radius 2 is 2.21 bits per heavy atom. The average molecular weight is 341 g/mol. The topological polar surface area (TPSA) is 44.9 Å². The Kier molecular flexibility index (Phi) is 3.97. The Morgan fingerprint density at radius 1 is 1.33 bits per heavy atom. The predicted octanol–water partition coefficient (Wildman–Crippen LogP) is 4.73. The highest BCUT2D eigenvalue weighted by molar-refractivity contribution is 6.34. The van der Waals surface area contributed by atoms with E-state index in [1.54, 1.807) is 0 Å². The maximum Gasteiger partial charge on any atom is 0.256 e. The molecular formula is C20H21ClN2O. The first-order valence-corrected chi connectivity index (χ1v) is 9.13. The van der Waals surface area contributed by atoms with Gasteiger partial charge >= 0.3 is 0 Å². The van der Waals surface area contributed by atoms with E-state index in [-0.39, 0.29) is 5.91 Å². The summed E-state index contributed by atoms with van der Waals surface area (Å²) < 4.78 is 0. The molecule has 2 N–H and O–H groups in total. The molecule has 0 saturated heterocycles. The third-order valence-electron chi connectivity index (χ3n) is 5.10. The first-order chi connectivity index (χ1) is 11.7. The second-order valence-electron chi connectivity index (χ2n) is 6.78. The lowest BCUT2D eigenvalue weighted by atomic mass is 9.88. The highest BCUT2D eigenvalue weighted by Gasteiger charge is 2.25. The highest BCUT2D eigenvalue weighted by atomic mass is 35.5. The molecule has 1 atom stereocenters. The number of nitrogens with one attached hydrogen (secondary N) is 2. The summed E-state index contributed by atoms with van der Waals surface area (Å²) in [5.41, 5.74) is 7.50. The lowest BCUT2D eigenvalue weighted by Gasteiger charge is -2.17. The molecule has 0 fully saturated rings. The maximum atomic E-state index is 12.4. The molecule has 2 aliphatic rings. The molecule has 1 amide bonds. The van der Waals surface area contributed by atoms with Crippen molar-refractivity contribution < 1.29 is 4.79 Å². The molecule has 0 saturated carbocycles. The number of fused-ring (bicyclic) bond motifs is 2. The van der Waals surface area contributed by atoms with Gasteiger partial charge in [-0.2, -0.15) is 0 Å². The lowest BCUT2D eigenvalue weighted by Crippen LogP contribution is -2.04. The number of halogens is 1. The van der Waals surface area contributed by atoms with Crippen molar-refractivity contribution in [2.24, 2.45) is 0 Å². The molecule has 2 heterocycles. The van der Waals surface area contributed by atoms with Crippen LogP contribution in [0.1, 0.15) is 53.8 Å². The smallest absolute Gasteiger partial charge is 0.256 e. The minimum absolute atomic E-state index is 0.0337. The van der Waals surface area contributed by atoms with Crippen LogP contribution < -0.4 is 5.32 Å². The van der Waals surface area contributed by atoms with Crippen LogP contribution >= 0.6 is 11.6 Å². The van der Waals surface area contributed by atoms with Gasteiger partial charge in [-0.25, -0.2) is 0 Å². The minimum Gasteiger partial charge on any atom is -0.359 e. The van der Waals surface area contributed by atoms with Crippen LogP contribution in [-0.4, -0.2) is 16.8 Å². The van der Waals surface area contributed by atoms with E-state index >= 15 is 0 Å². The molecule has 2 aromatic rings. The maximum absolute atomic E-state index is 12.4. The molecule has 1 aliphatic heterocycles. The normalized spacial score (nSPS) is 20.8. The van der Waals surface area contributed by atoms with Gasteiger partial charge in [0, 0.05) is 28.5 Å². The SMILES string of the molecule is CC1CCCc2[nH]c(C=C3C(=O)Nc4ccc(CCCl)cc43)cc21. The highest BCUT2D eigenvalue weighted by Crippen LogP contribution is 2.36. The van der Waals surface area contributed by atoms with Gasteiger partial charge in [-0.15, -0.1) is 11.6 Å². The third kappa shape index (κ3) is 2.67. The first-order valence-electron chi connectivity index (χ1n) is 8.60. The fraction of sp³-hybridized carbons (Fsp3) is 0.350. The average Bonchev–Trinajstić information content (AvgIpc) is 3.11. The second kappa shape index (κ2) is 6.14. The number of hydrogen-bond donors (Lipinski definition) is 2. The van der Waals surface area contributed by atoms with Crippen LogP contribution in [0, 0.1) is 0 Å². The van der Waals surface area contributed by atoms with E-state index in [0.29, 0.717) is 11.8 Å². The van der Waals surface area contributed by atoms with E-state index in [1.165, 1.54) is 24.1 Å². The van der Waals surface area contributed by atoms with E-state index < -0.39 is 0 Å². The summed E-state index contributed by atoms with van der Waals surface area (Å²) in [6, 6.07) is 8.28. The number of hydrogen-bond acceptors (Lipinski definition) is 1. The van der Waals surface area contributed by atoms with Crippen molar-refractivity contribution in [1.29, 1.82) is 0 Å². The number of anilines is 1. The van der Waals surface area contributed by atoms with Gasteiger partial charge in [0.1, 0.15) is 0 Å². The molecular weight excluding hydrogens is 320 g/mol. The predicted molar refractivity (Wildman–Crippen MR) is 99.5 cm³/mol. The van der Waals surface area contributed by atoms with Crippen molar-refractivity contribution in [2.75, 3.05) is 11.2 Å². The van der Waals surface area contributed by atoms with Gasteiger partial charge in [0.05, 0.1) is 5.57 Å². The van der Waals surface area contributed by atoms with Gasteiger partial charge in [-0.05, 0) is 67.0 Å². The summed E-state index contributed by atoms with van der Waals surface area (Å²) in [5.74, 6) is 1.14. The van der Waals surface area contributed by atoms with Gasteiger partial charge in [-0.1, -0.05) is 13.0 Å². The number of aryl methyl sites for hydroxylation is 2. The standard InChI is InChI=1S/C20H21ClN2O/c1-12-3-2-4-18-15(12)10-14(22-18)11-17-16-9-13(7-8-21)5-6-19(16)23-20(17)24/h5-6,9-12,22H,2-4,7-8H2,1H3,(H,23,24). The molecule has 0 bridgehead atoms. The molecule has 1 aromatic heterocycles. The molecule has 24 heavy (non-hydrogen) atoms. The summed E-state index contributed by atoms with van der Waals surface area (Å²) >= 11 is 5.85. The molecule has 3 nitrogen and oxygen atoms in total. The van der Waals surface area contributed by atoms with Gasteiger partial charge < -0.3 is 10.3 Å². The van der Waals surface area contributed by atoms with Crippen LogP contribution in [0.5, 0.6) is 0 Å². The number of carbonyl (C=O) groups is 1. The zero-order valence-electron chi connectivity index (χ0n) is 13.8. The Bertz CT molecular complexity index is 834. The van der Waals surface area contributed by atoms with Gasteiger partial charge in [0.2, 0.25) is 0 Å². The van der Waals surface area contributed by atoms with Crippen molar-refractivity contribution in [3.8, 4) is 0 Å². The van der Waals surface area contributed by atoms with Crippen LogP contribution in [0.2, 0.25) is 0 Å². The summed E-state index contributed by atoms with van der Waals surface area (Å²) in [6.07, 6.45) is 6.37. The molecule has 1 aliphatic carbocycles. The van der Waals surface area contributed by atoms with Crippen LogP contribution in [0.3, 0.4) is 0 Å². The molecule has 0 radical (unpaired) electrons. The Morgan fingerprint density at radius 3 is 3.00 bits per heavy atom. The van der Waals surface area contributed by atoms with Crippen molar-refractivity contribution >= 4 is 34.8 Å². The van der Waals surface area contributed by atoms with E-state index in [9.17, 15) is 4.79 Å². The van der Waals surface area contributed by atoms with Crippen LogP contribution in [0.25, 0.3) is 11.6 Å². The number of benzene rings is 1. The van der Waals surface area contributed by atoms with E-state index in [0.717, 1.165) is 40.9 Å². The Labute approximate surface area is 147 Å². The summed E-state index contributed by atoms with van der Waals surface area (Å²) in [4.78, 5) is 15.9. The fourth-order valence-corrected chi connectivity index (χ4v) is 4.02. The van der Waals surface area contributed by atoms with Crippen LogP contribution in [-0.2, 0) is 17.6 Å². The van der Waals surface area contributed by atoms with E-state index in [1.807, 2.05) is 18.2 Å². The number of aromatic amines is 1. The quantitative estimate of drug-likeness (QED) is 0.615. The summed E-state index contributed by atoms with van der Waals surface area (Å²) in [7, 11) is 0. The third-order valence-corrected chi connectivity index (χ3v) is 5.29. The van der Waals surface area contributed by atoms with Gasteiger partial charge in [0.15, 0.2) is 0 Å². The number of carbonyl (C=O) groups excluding carboxylic acids is 1. The van der Waals surface area contributed by atoms with Crippen LogP contribution in [0.15, 0.2) is 24.3 Å². The molecule has 0 spiro atoms. The number of H-pyrrole nitrogens is 1. The summed E-state index contributed by atoms with van der Waals surface area (Å²) in [5, 5.41) is 2.95. The number of amides is 1. The van der Waals surface area contributed by atoms with E-state index in [4.69, 9.17) is 11.6 Å². The molecule has 1 unspecified atom stereocenters. The van der Waals surface area contributed by atoms with Gasteiger partial charge in [0.25, 0.3) is 5.91 Å². The zero-order chi connectivity index (χ0) is 16.7. The molecule has 124 valence electrons. The van der Waals surface area contributed by atoms with E-state index in [2.05, 4.69) is 29.4 Å². The largest absolute Gasteiger partial charge is 0.359 e. The fourth-order valence-electron chi connectivity index (χ4n) is 3.80. The molecule has 4 heteroatoms. The Hall–Kier alpha value is -2.00. The number of aromatic nitrogens is 1. The van der Waals surface area contributed by atoms with Crippen LogP contribution in [0.4, 0.5) is 5.69 Å². The number of alkyl halides is 1. The Balaban J connectivity index is 1.73. The van der Waals surface area contributed by atoms with Gasteiger partial charge in [-0.3, -0.25) is 4.79 Å². The minimum atomic E-state index is -0.0337. The lowest BCUT2D eigenvalue weighted by molar-refractivity contribution is -0.110. The van der Waals surface area contributed by atoms with Crippen molar-refractivity contribution in [3.63, 3.8) is 0 Å².